The lowest BCUT2D eigenvalue weighted by atomic mass is 9.90. The van der Waals surface area contributed by atoms with Gasteiger partial charge in [-0.3, -0.25) is 9.59 Å². The van der Waals surface area contributed by atoms with Gasteiger partial charge in [-0.15, -0.1) is 10.2 Å². The number of carbonyl (C=O) groups is 2. The van der Waals surface area contributed by atoms with Crippen LogP contribution in [0.3, 0.4) is 0 Å². The van der Waals surface area contributed by atoms with Gasteiger partial charge in [-0.2, -0.15) is 0 Å². The molecule has 0 bridgehead atoms. The number of aliphatic hydroxyl groups is 4. The molecule has 7 atom stereocenters. The van der Waals surface area contributed by atoms with Crippen molar-refractivity contribution in [3.8, 4) is 0 Å². The Hall–Kier alpha value is -3.02. The highest BCUT2D eigenvalue weighted by Gasteiger charge is 2.39. The van der Waals surface area contributed by atoms with Crippen molar-refractivity contribution in [1.29, 1.82) is 0 Å². The first kappa shape index (κ1) is 32.5. The van der Waals surface area contributed by atoms with Crippen molar-refractivity contribution in [1.82, 2.24) is 40.6 Å². The molecule has 16 heteroatoms. The van der Waals surface area contributed by atoms with Crippen molar-refractivity contribution in [2.75, 3.05) is 19.7 Å². The molecule has 1 aliphatic rings. The molecule has 2 aromatic heterocycles. The Labute approximate surface area is 238 Å². The predicted octanol–water partition coefficient (Wildman–Crippen LogP) is -1.23. The molecule has 0 spiro atoms. The summed E-state index contributed by atoms with van der Waals surface area (Å²) in [5, 5.41) is 63.1. The topological polar surface area (TPSA) is 219 Å². The van der Waals surface area contributed by atoms with E-state index < -0.39 is 55.4 Å². The number of nitrogens with one attached hydrogen (secondary N) is 2. The van der Waals surface area contributed by atoms with Crippen LogP contribution >= 0.6 is 0 Å². The van der Waals surface area contributed by atoms with E-state index in [2.05, 4.69) is 31.3 Å². The monoisotopic (exact) mass is 582 g/mol. The first-order valence-corrected chi connectivity index (χ1v) is 14.0. The minimum absolute atomic E-state index is 0.0716. The molecule has 1 saturated carbocycles. The minimum atomic E-state index is -1.40. The van der Waals surface area contributed by atoms with Crippen LogP contribution in [0.5, 0.6) is 0 Å². The molecule has 3 rings (SSSR count). The molecule has 1 aliphatic carbocycles. The Morgan fingerprint density at radius 3 is 2.29 bits per heavy atom. The molecule has 1 fully saturated rings. The lowest BCUT2D eigenvalue weighted by Crippen LogP contribution is -2.48. The van der Waals surface area contributed by atoms with E-state index in [4.69, 9.17) is 9.47 Å². The molecular weight excluding hydrogens is 540 g/mol. The standard InChI is InChI=1S/C25H42N8O8/c1-4-9-26-23(38)16-11-32(30-28-16)13-19(36)25(41-21(14-34)15(3)35)40-20-8-6-7-18(22(20)37)33-12-17(29-31-33)24(39)27-10-5-2/h11-12,15,18-22,25,34-37H,4-10,13-14H2,1-3H3,(H,26,38)(H,27,39)/t15?,18?,19-,20+,21?,22?,25?/m0/s1. The highest BCUT2D eigenvalue weighted by atomic mass is 16.7. The summed E-state index contributed by atoms with van der Waals surface area (Å²) >= 11 is 0. The number of hydrogen-bond acceptors (Lipinski definition) is 12. The van der Waals surface area contributed by atoms with Crippen LogP contribution in [-0.2, 0) is 16.0 Å². The van der Waals surface area contributed by atoms with Gasteiger partial charge in [0, 0.05) is 13.1 Å². The summed E-state index contributed by atoms with van der Waals surface area (Å²) in [4.78, 5) is 24.4. The molecule has 2 amide bonds. The molecule has 0 radical (unpaired) electrons. The number of rotatable bonds is 16. The fourth-order valence-corrected chi connectivity index (χ4v) is 4.39. The first-order valence-electron chi connectivity index (χ1n) is 14.0. The van der Waals surface area contributed by atoms with Crippen LogP contribution in [0.4, 0.5) is 0 Å². The van der Waals surface area contributed by atoms with Crippen LogP contribution in [-0.4, -0.2) is 119 Å². The van der Waals surface area contributed by atoms with E-state index in [1.54, 1.807) is 0 Å². The molecule has 16 nitrogen and oxygen atoms in total. The van der Waals surface area contributed by atoms with Crippen LogP contribution in [0.15, 0.2) is 12.4 Å². The van der Waals surface area contributed by atoms with Crippen LogP contribution in [0.2, 0.25) is 0 Å². The van der Waals surface area contributed by atoms with E-state index in [1.165, 1.54) is 28.7 Å². The zero-order valence-corrected chi connectivity index (χ0v) is 23.7. The second kappa shape index (κ2) is 15.8. The van der Waals surface area contributed by atoms with Crippen LogP contribution < -0.4 is 10.6 Å². The summed E-state index contributed by atoms with van der Waals surface area (Å²) in [5.74, 6) is -0.762. The lowest BCUT2D eigenvalue weighted by molar-refractivity contribution is -0.270. The molecule has 0 aromatic carbocycles. The summed E-state index contributed by atoms with van der Waals surface area (Å²) in [6, 6.07) is -0.559. The smallest absolute Gasteiger partial charge is 0.273 e. The van der Waals surface area contributed by atoms with E-state index in [-0.39, 0.29) is 23.8 Å². The number of hydrogen-bond donors (Lipinski definition) is 6. The summed E-state index contributed by atoms with van der Waals surface area (Å²) in [5.41, 5.74) is 0.200. The molecule has 2 aromatic rings. The number of ether oxygens (including phenoxy) is 2. The average Bonchev–Trinajstić information content (AvgIpc) is 3.63. The largest absolute Gasteiger partial charge is 0.394 e. The molecule has 0 aliphatic heterocycles. The Morgan fingerprint density at radius 1 is 1.05 bits per heavy atom. The van der Waals surface area contributed by atoms with Crippen molar-refractivity contribution in [3.05, 3.63) is 23.8 Å². The van der Waals surface area contributed by atoms with Crippen molar-refractivity contribution in [2.45, 2.75) is 102 Å². The van der Waals surface area contributed by atoms with Crippen LogP contribution in [0.25, 0.3) is 0 Å². The third kappa shape index (κ3) is 8.98. The van der Waals surface area contributed by atoms with E-state index in [1.807, 2.05) is 13.8 Å². The maximum atomic E-state index is 12.3. The van der Waals surface area contributed by atoms with Gasteiger partial charge in [0.05, 0.1) is 43.8 Å². The first-order chi connectivity index (χ1) is 19.7. The van der Waals surface area contributed by atoms with Gasteiger partial charge in [0.2, 0.25) is 0 Å². The van der Waals surface area contributed by atoms with E-state index in [0.717, 1.165) is 12.8 Å². The Kier molecular flexibility index (Phi) is 12.6. The fraction of sp³-hybridized carbons (Fsp3) is 0.760. The van der Waals surface area contributed by atoms with E-state index in [0.29, 0.717) is 32.4 Å². The molecule has 2 heterocycles. The maximum absolute atomic E-state index is 12.3. The lowest BCUT2D eigenvalue weighted by Gasteiger charge is -2.38. The Bertz CT molecular complexity index is 1100. The van der Waals surface area contributed by atoms with Gasteiger partial charge in [0.1, 0.15) is 18.3 Å². The van der Waals surface area contributed by atoms with Crippen molar-refractivity contribution in [3.63, 3.8) is 0 Å². The van der Waals surface area contributed by atoms with Crippen molar-refractivity contribution < 1.29 is 39.5 Å². The summed E-state index contributed by atoms with van der Waals surface area (Å²) in [6.07, 6.45) is -0.918. The Morgan fingerprint density at radius 2 is 1.68 bits per heavy atom. The Balaban J connectivity index is 1.72. The quantitative estimate of drug-likeness (QED) is 0.128. The van der Waals surface area contributed by atoms with Gasteiger partial charge in [-0.25, -0.2) is 9.36 Å². The number of aliphatic hydroxyl groups excluding tert-OH is 4. The number of amides is 2. The second-order valence-electron chi connectivity index (χ2n) is 10.1. The third-order valence-corrected chi connectivity index (χ3v) is 6.71. The molecule has 0 saturated heterocycles. The van der Waals surface area contributed by atoms with Crippen LogP contribution in [0, 0.1) is 0 Å². The summed E-state index contributed by atoms with van der Waals surface area (Å²) in [6.45, 7) is 5.52. The van der Waals surface area contributed by atoms with Crippen LogP contribution in [0.1, 0.15) is 79.9 Å². The SMILES string of the molecule is CCCNC(=O)c1cn(C[C@H](O)C(OC(CO)C(C)O)O[C@@H]2CCCC(n3cc(C(=O)NCCC)nn3)C2O)nn1. The highest BCUT2D eigenvalue weighted by Crippen LogP contribution is 2.32. The van der Waals surface area contributed by atoms with Gasteiger partial charge < -0.3 is 40.5 Å². The molecule has 6 N–H and O–H groups in total. The summed E-state index contributed by atoms with van der Waals surface area (Å²) in [7, 11) is 0. The number of nitrogens with zero attached hydrogens (tertiary/aromatic N) is 6. The van der Waals surface area contributed by atoms with Crippen molar-refractivity contribution >= 4 is 11.8 Å². The van der Waals surface area contributed by atoms with Gasteiger partial charge in [-0.05, 0) is 39.0 Å². The minimum Gasteiger partial charge on any atom is -0.394 e. The molecule has 41 heavy (non-hydrogen) atoms. The van der Waals surface area contributed by atoms with Crippen molar-refractivity contribution in [2.24, 2.45) is 0 Å². The van der Waals surface area contributed by atoms with Gasteiger partial charge >= 0.3 is 0 Å². The highest BCUT2D eigenvalue weighted by molar-refractivity contribution is 5.92. The van der Waals surface area contributed by atoms with E-state index in [9.17, 15) is 30.0 Å². The zero-order chi connectivity index (χ0) is 29.9. The molecular formula is C25H42N8O8. The van der Waals surface area contributed by atoms with Gasteiger partial charge in [0.25, 0.3) is 11.8 Å². The zero-order valence-electron chi connectivity index (χ0n) is 23.7. The van der Waals surface area contributed by atoms with Gasteiger partial charge in [0.15, 0.2) is 17.7 Å². The summed E-state index contributed by atoms with van der Waals surface area (Å²) < 4.78 is 14.5. The predicted molar refractivity (Wildman–Crippen MR) is 142 cm³/mol. The maximum Gasteiger partial charge on any atom is 0.273 e. The molecule has 5 unspecified atom stereocenters. The number of carbonyl (C=O) groups excluding carboxylic acids is 2. The average molecular weight is 583 g/mol. The van der Waals surface area contributed by atoms with E-state index >= 15 is 0 Å². The second-order valence-corrected chi connectivity index (χ2v) is 10.1. The van der Waals surface area contributed by atoms with Gasteiger partial charge in [-0.1, -0.05) is 24.3 Å². The molecule has 230 valence electrons. The fourth-order valence-electron chi connectivity index (χ4n) is 4.39. The third-order valence-electron chi connectivity index (χ3n) is 6.71. The normalized spacial score (nSPS) is 22.1. The number of aromatic nitrogens is 6.